The standard InChI is InChI=1S/C18H21N9O/c1-26(2)4-5-27(3)18(28)13-7-12-16(23-13)20-10-21-17(12)24-15-6-11-8-22-25-14(11)9-19-15/h6-10H,4-5H2,1-3H3,(H,22,25)(H2,19,20,21,23,24). The van der Waals surface area contributed by atoms with E-state index in [4.69, 9.17) is 0 Å². The van der Waals surface area contributed by atoms with Gasteiger partial charge in [0.05, 0.1) is 23.3 Å². The number of aromatic amines is 2. The first-order valence-electron chi connectivity index (χ1n) is 8.81. The maximum Gasteiger partial charge on any atom is 0.270 e. The summed E-state index contributed by atoms with van der Waals surface area (Å²) < 4.78 is 0. The van der Waals surface area contributed by atoms with Crippen molar-refractivity contribution in [3.05, 3.63) is 36.5 Å². The second-order valence-electron chi connectivity index (χ2n) is 6.85. The van der Waals surface area contributed by atoms with Crippen LogP contribution in [0.15, 0.2) is 30.9 Å². The first-order valence-corrected chi connectivity index (χ1v) is 8.81. The summed E-state index contributed by atoms with van der Waals surface area (Å²) in [7, 11) is 5.74. The van der Waals surface area contributed by atoms with E-state index < -0.39 is 0 Å². The number of aromatic nitrogens is 6. The lowest BCUT2D eigenvalue weighted by Gasteiger charge is -2.18. The van der Waals surface area contributed by atoms with Crippen LogP contribution in [0.1, 0.15) is 10.5 Å². The van der Waals surface area contributed by atoms with Crippen molar-refractivity contribution in [1.82, 2.24) is 39.9 Å². The third-order valence-corrected chi connectivity index (χ3v) is 4.46. The average molecular weight is 379 g/mol. The van der Waals surface area contributed by atoms with E-state index in [0.29, 0.717) is 29.5 Å². The molecule has 1 amide bonds. The topological polar surface area (TPSA) is 119 Å². The van der Waals surface area contributed by atoms with Gasteiger partial charge in [0.25, 0.3) is 5.91 Å². The lowest BCUT2D eigenvalue weighted by Crippen LogP contribution is -2.33. The number of carbonyl (C=O) groups is 1. The maximum absolute atomic E-state index is 12.7. The number of fused-ring (bicyclic) bond motifs is 2. The number of H-pyrrole nitrogens is 2. The number of amides is 1. The minimum atomic E-state index is -0.0938. The highest BCUT2D eigenvalue weighted by Gasteiger charge is 2.17. The Morgan fingerprint density at radius 2 is 1.96 bits per heavy atom. The molecule has 0 saturated heterocycles. The molecule has 0 fully saturated rings. The van der Waals surface area contributed by atoms with Crippen molar-refractivity contribution in [2.45, 2.75) is 0 Å². The summed E-state index contributed by atoms with van der Waals surface area (Å²) in [5, 5.41) is 11.7. The molecule has 28 heavy (non-hydrogen) atoms. The summed E-state index contributed by atoms with van der Waals surface area (Å²) >= 11 is 0. The number of hydrogen-bond acceptors (Lipinski definition) is 7. The van der Waals surface area contributed by atoms with Crippen LogP contribution in [-0.2, 0) is 0 Å². The van der Waals surface area contributed by atoms with Gasteiger partial charge in [0.1, 0.15) is 29.3 Å². The number of anilines is 2. The van der Waals surface area contributed by atoms with E-state index in [0.717, 1.165) is 22.8 Å². The molecule has 3 N–H and O–H groups in total. The molecule has 0 radical (unpaired) electrons. The third kappa shape index (κ3) is 3.49. The molecule has 0 aliphatic heterocycles. The fraction of sp³-hybridized carbons (Fsp3) is 0.278. The molecule has 10 heteroatoms. The van der Waals surface area contributed by atoms with E-state index >= 15 is 0 Å². The third-order valence-electron chi connectivity index (χ3n) is 4.46. The van der Waals surface area contributed by atoms with Gasteiger partial charge in [-0.25, -0.2) is 15.0 Å². The summed E-state index contributed by atoms with van der Waals surface area (Å²) in [6, 6.07) is 3.64. The van der Waals surface area contributed by atoms with Crippen molar-refractivity contribution < 1.29 is 4.79 Å². The van der Waals surface area contributed by atoms with Crippen LogP contribution in [0.3, 0.4) is 0 Å². The largest absolute Gasteiger partial charge is 0.339 e. The molecule has 0 aliphatic carbocycles. The van der Waals surface area contributed by atoms with Crippen LogP contribution in [0.5, 0.6) is 0 Å². The Kier molecular flexibility index (Phi) is 4.62. The Bertz CT molecular complexity index is 1130. The van der Waals surface area contributed by atoms with Crippen LogP contribution < -0.4 is 5.32 Å². The minimum Gasteiger partial charge on any atom is -0.339 e. The van der Waals surface area contributed by atoms with Gasteiger partial charge in [-0.2, -0.15) is 5.10 Å². The average Bonchev–Trinajstić information content (AvgIpc) is 3.32. The van der Waals surface area contributed by atoms with Crippen LogP contribution >= 0.6 is 0 Å². The van der Waals surface area contributed by atoms with E-state index in [-0.39, 0.29) is 5.91 Å². The first kappa shape index (κ1) is 17.9. The molecule has 0 saturated carbocycles. The van der Waals surface area contributed by atoms with Crippen LogP contribution in [0, 0.1) is 0 Å². The molecule has 0 aromatic carbocycles. The van der Waals surface area contributed by atoms with Gasteiger partial charge in [-0.15, -0.1) is 0 Å². The summed E-state index contributed by atoms with van der Waals surface area (Å²) in [5.74, 6) is 1.11. The Labute approximate surface area is 161 Å². The highest BCUT2D eigenvalue weighted by atomic mass is 16.2. The molecule has 4 aromatic heterocycles. The molecular weight excluding hydrogens is 358 g/mol. The SMILES string of the molecule is CN(C)CCN(C)C(=O)c1cc2c(Nc3cc4cn[nH]c4cn3)ncnc2[nH]1. The van der Waals surface area contributed by atoms with Crippen molar-refractivity contribution in [2.75, 3.05) is 39.5 Å². The number of nitrogens with one attached hydrogen (secondary N) is 3. The molecule has 0 bridgehead atoms. The summed E-state index contributed by atoms with van der Waals surface area (Å²) in [6.45, 7) is 1.42. The number of pyridine rings is 1. The zero-order valence-electron chi connectivity index (χ0n) is 15.9. The number of nitrogens with zero attached hydrogens (tertiary/aromatic N) is 6. The molecule has 4 heterocycles. The lowest BCUT2D eigenvalue weighted by molar-refractivity contribution is 0.0781. The maximum atomic E-state index is 12.7. The number of likely N-dealkylation sites (N-methyl/N-ethyl adjacent to an activating group) is 2. The summed E-state index contributed by atoms with van der Waals surface area (Å²) in [5.41, 5.74) is 1.91. The summed E-state index contributed by atoms with van der Waals surface area (Å²) in [6.07, 6.45) is 4.88. The lowest BCUT2D eigenvalue weighted by atomic mass is 10.3. The molecule has 144 valence electrons. The second kappa shape index (κ2) is 7.24. The van der Waals surface area contributed by atoms with E-state index in [9.17, 15) is 4.79 Å². The van der Waals surface area contributed by atoms with Crippen LogP contribution in [-0.4, -0.2) is 80.1 Å². The molecule has 0 spiro atoms. The van der Waals surface area contributed by atoms with Crippen molar-refractivity contribution in [2.24, 2.45) is 0 Å². The van der Waals surface area contributed by atoms with Crippen molar-refractivity contribution >= 4 is 39.5 Å². The monoisotopic (exact) mass is 379 g/mol. The summed E-state index contributed by atoms with van der Waals surface area (Å²) in [4.78, 5) is 32.4. The Hall–Kier alpha value is -3.53. The van der Waals surface area contributed by atoms with E-state index in [1.165, 1.54) is 6.33 Å². The molecule has 0 unspecified atom stereocenters. The molecule has 0 aliphatic rings. The van der Waals surface area contributed by atoms with E-state index in [1.54, 1.807) is 30.4 Å². The second-order valence-corrected chi connectivity index (χ2v) is 6.85. The number of rotatable bonds is 6. The van der Waals surface area contributed by atoms with Gasteiger partial charge >= 0.3 is 0 Å². The Balaban J connectivity index is 1.60. The van der Waals surface area contributed by atoms with E-state index in [1.807, 2.05) is 25.1 Å². The predicted octanol–water partition coefficient (Wildman–Crippen LogP) is 1.61. The van der Waals surface area contributed by atoms with Crippen molar-refractivity contribution in [3.63, 3.8) is 0 Å². The van der Waals surface area contributed by atoms with Gasteiger partial charge in [-0.1, -0.05) is 0 Å². The molecule has 10 nitrogen and oxygen atoms in total. The Morgan fingerprint density at radius 3 is 2.79 bits per heavy atom. The van der Waals surface area contributed by atoms with Crippen LogP contribution in [0.2, 0.25) is 0 Å². The normalized spacial score (nSPS) is 11.4. The number of hydrogen-bond donors (Lipinski definition) is 3. The molecule has 4 aromatic rings. The quantitative estimate of drug-likeness (QED) is 0.466. The van der Waals surface area contributed by atoms with E-state index in [2.05, 4.69) is 35.5 Å². The van der Waals surface area contributed by atoms with Crippen LogP contribution in [0.4, 0.5) is 11.6 Å². The minimum absolute atomic E-state index is 0.0938. The molecule has 4 rings (SSSR count). The van der Waals surface area contributed by atoms with Gasteiger partial charge < -0.3 is 20.1 Å². The molecule has 0 atom stereocenters. The predicted molar refractivity (Wildman–Crippen MR) is 107 cm³/mol. The van der Waals surface area contributed by atoms with Gasteiger partial charge in [0.15, 0.2) is 0 Å². The highest BCUT2D eigenvalue weighted by molar-refractivity contribution is 6.00. The van der Waals surface area contributed by atoms with Gasteiger partial charge in [-0.05, 0) is 26.2 Å². The van der Waals surface area contributed by atoms with Gasteiger partial charge in [0, 0.05) is 25.5 Å². The zero-order valence-corrected chi connectivity index (χ0v) is 15.9. The van der Waals surface area contributed by atoms with Crippen molar-refractivity contribution in [3.8, 4) is 0 Å². The zero-order chi connectivity index (χ0) is 19.7. The van der Waals surface area contributed by atoms with Gasteiger partial charge in [0.2, 0.25) is 0 Å². The molecular formula is C18H21N9O. The van der Waals surface area contributed by atoms with Crippen molar-refractivity contribution in [1.29, 1.82) is 0 Å². The first-order chi connectivity index (χ1) is 13.5. The number of carbonyl (C=O) groups excluding carboxylic acids is 1. The Morgan fingerprint density at radius 1 is 1.11 bits per heavy atom. The van der Waals surface area contributed by atoms with Gasteiger partial charge in [-0.3, -0.25) is 9.89 Å². The smallest absolute Gasteiger partial charge is 0.270 e. The highest BCUT2D eigenvalue weighted by Crippen LogP contribution is 2.24. The fourth-order valence-electron chi connectivity index (χ4n) is 2.84. The van der Waals surface area contributed by atoms with Crippen LogP contribution in [0.25, 0.3) is 21.9 Å². The fourth-order valence-corrected chi connectivity index (χ4v) is 2.84.